The second kappa shape index (κ2) is 7.11. The first-order chi connectivity index (χ1) is 9.60. The van der Waals surface area contributed by atoms with Crippen molar-refractivity contribution in [1.29, 1.82) is 0 Å². The third-order valence-corrected chi connectivity index (χ3v) is 4.50. The van der Waals surface area contributed by atoms with Gasteiger partial charge in [-0.05, 0) is 53.2 Å². The lowest BCUT2D eigenvalue weighted by Crippen LogP contribution is -2.23. The van der Waals surface area contributed by atoms with Crippen molar-refractivity contribution in [2.75, 3.05) is 11.9 Å². The van der Waals surface area contributed by atoms with Gasteiger partial charge in [-0.3, -0.25) is 4.79 Å². The Morgan fingerprint density at radius 3 is 2.80 bits per heavy atom. The molecule has 1 aromatic carbocycles. The van der Waals surface area contributed by atoms with Crippen molar-refractivity contribution in [3.05, 3.63) is 49.6 Å². The summed E-state index contributed by atoms with van der Waals surface area (Å²) in [6, 6.07) is 9.22. The molecule has 0 aliphatic rings. The van der Waals surface area contributed by atoms with E-state index in [-0.39, 0.29) is 5.91 Å². The van der Waals surface area contributed by atoms with Gasteiger partial charge < -0.3 is 10.6 Å². The lowest BCUT2D eigenvalue weighted by Gasteiger charge is -2.11. The number of amides is 1. The van der Waals surface area contributed by atoms with E-state index >= 15 is 0 Å². The number of benzene rings is 1. The molecule has 3 nitrogen and oxygen atoms in total. The predicted molar refractivity (Wildman–Crippen MR) is 88.8 cm³/mol. The maximum atomic E-state index is 12.3. The average molecular weight is 374 g/mol. The van der Waals surface area contributed by atoms with E-state index in [1.807, 2.05) is 25.1 Å². The number of hydrogen-bond acceptors (Lipinski definition) is 3. The Morgan fingerprint density at radius 1 is 1.35 bits per heavy atom. The summed E-state index contributed by atoms with van der Waals surface area (Å²) in [5.74, 6) is -0.132. The van der Waals surface area contributed by atoms with Gasteiger partial charge in [0.15, 0.2) is 0 Å². The fraction of sp³-hybridized carbons (Fsp3) is 0.214. The van der Waals surface area contributed by atoms with Crippen LogP contribution in [0.2, 0.25) is 5.02 Å². The van der Waals surface area contributed by atoms with Crippen molar-refractivity contribution in [3.8, 4) is 0 Å². The molecular formula is C14H14BrClN2OS. The molecule has 0 fully saturated rings. The van der Waals surface area contributed by atoms with E-state index in [9.17, 15) is 4.79 Å². The lowest BCUT2D eigenvalue weighted by molar-refractivity contribution is 0.0952. The highest BCUT2D eigenvalue weighted by Gasteiger charge is 2.12. The molecular weight excluding hydrogens is 360 g/mol. The zero-order valence-electron chi connectivity index (χ0n) is 10.9. The highest BCUT2D eigenvalue weighted by Crippen LogP contribution is 2.23. The van der Waals surface area contributed by atoms with E-state index in [2.05, 4.69) is 26.6 Å². The molecule has 1 amide bonds. The van der Waals surface area contributed by atoms with E-state index in [0.717, 1.165) is 20.9 Å². The third kappa shape index (κ3) is 3.98. The Morgan fingerprint density at radius 2 is 2.15 bits per heavy atom. The molecule has 0 atom stereocenters. The number of nitrogens with one attached hydrogen (secondary N) is 2. The van der Waals surface area contributed by atoms with Crippen LogP contribution in [0.5, 0.6) is 0 Å². The largest absolute Gasteiger partial charge is 0.385 e. The predicted octanol–water partition coefficient (Wildman–Crippen LogP) is 4.53. The van der Waals surface area contributed by atoms with Gasteiger partial charge in [0.2, 0.25) is 0 Å². The summed E-state index contributed by atoms with van der Waals surface area (Å²) in [6.45, 7) is 3.24. The summed E-state index contributed by atoms with van der Waals surface area (Å²) in [4.78, 5) is 13.4. The van der Waals surface area contributed by atoms with Gasteiger partial charge in [0.05, 0.1) is 15.9 Å². The number of rotatable bonds is 5. The number of carbonyl (C=O) groups excluding carboxylic acids is 1. The van der Waals surface area contributed by atoms with Crippen LogP contribution < -0.4 is 10.6 Å². The summed E-state index contributed by atoms with van der Waals surface area (Å²) in [7, 11) is 0. The minimum absolute atomic E-state index is 0.132. The SMILES string of the molecule is CCNc1ccc(Cl)cc1C(=O)NCc1ccc(Br)s1. The number of carbonyl (C=O) groups is 1. The lowest BCUT2D eigenvalue weighted by atomic mass is 10.1. The minimum Gasteiger partial charge on any atom is -0.385 e. The van der Waals surface area contributed by atoms with Crippen LogP contribution in [0.25, 0.3) is 0 Å². The molecule has 6 heteroatoms. The molecule has 1 aromatic heterocycles. The first-order valence-corrected chi connectivity index (χ1v) is 8.14. The van der Waals surface area contributed by atoms with Crippen molar-refractivity contribution in [3.63, 3.8) is 0 Å². The number of thiophene rings is 1. The van der Waals surface area contributed by atoms with Crippen molar-refractivity contribution in [2.45, 2.75) is 13.5 Å². The summed E-state index contributed by atoms with van der Waals surface area (Å²) >= 11 is 11.0. The monoisotopic (exact) mass is 372 g/mol. The Balaban J connectivity index is 2.09. The van der Waals surface area contributed by atoms with E-state index in [1.165, 1.54) is 0 Å². The molecule has 0 saturated heterocycles. The van der Waals surface area contributed by atoms with Gasteiger partial charge in [-0.1, -0.05) is 11.6 Å². The summed E-state index contributed by atoms with van der Waals surface area (Å²) < 4.78 is 1.05. The van der Waals surface area contributed by atoms with Gasteiger partial charge in [-0.25, -0.2) is 0 Å². The van der Waals surface area contributed by atoms with Gasteiger partial charge in [0.25, 0.3) is 5.91 Å². The molecule has 1 heterocycles. The number of halogens is 2. The summed E-state index contributed by atoms with van der Waals surface area (Å²) in [5, 5.41) is 6.62. The highest BCUT2D eigenvalue weighted by atomic mass is 79.9. The van der Waals surface area contributed by atoms with Crippen molar-refractivity contribution in [2.24, 2.45) is 0 Å². The van der Waals surface area contributed by atoms with Crippen LogP contribution in [0.15, 0.2) is 34.1 Å². The van der Waals surface area contributed by atoms with Crippen LogP contribution in [0, 0.1) is 0 Å². The fourth-order valence-corrected chi connectivity index (χ4v) is 3.35. The van der Waals surface area contributed by atoms with E-state index in [0.29, 0.717) is 17.1 Å². The number of anilines is 1. The molecule has 2 N–H and O–H groups in total. The molecule has 20 heavy (non-hydrogen) atoms. The van der Waals surface area contributed by atoms with Gasteiger partial charge in [0, 0.05) is 22.1 Å². The van der Waals surface area contributed by atoms with Crippen molar-refractivity contribution >= 4 is 50.5 Å². The van der Waals surface area contributed by atoms with Crippen LogP contribution in [-0.4, -0.2) is 12.5 Å². The zero-order valence-corrected chi connectivity index (χ0v) is 14.0. The van der Waals surface area contributed by atoms with Crippen LogP contribution in [0.4, 0.5) is 5.69 Å². The average Bonchev–Trinajstić information content (AvgIpc) is 2.84. The second-order valence-corrected chi connectivity index (χ2v) is 7.09. The topological polar surface area (TPSA) is 41.1 Å². The normalized spacial score (nSPS) is 10.3. The Kier molecular flexibility index (Phi) is 5.46. The standard InChI is InChI=1S/C14H14BrClN2OS/c1-2-17-12-5-3-9(16)7-11(12)14(19)18-8-10-4-6-13(15)20-10/h3-7,17H,2,8H2,1H3,(H,18,19). The van der Waals surface area contributed by atoms with E-state index in [4.69, 9.17) is 11.6 Å². The molecule has 0 unspecified atom stereocenters. The van der Waals surface area contributed by atoms with E-state index in [1.54, 1.807) is 23.5 Å². The molecule has 0 bridgehead atoms. The quantitative estimate of drug-likeness (QED) is 0.808. The maximum absolute atomic E-state index is 12.3. The van der Waals surface area contributed by atoms with Crippen LogP contribution in [0.3, 0.4) is 0 Å². The number of hydrogen-bond donors (Lipinski definition) is 2. The van der Waals surface area contributed by atoms with Crippen LogP contribution >= 0.6 is 38.9 Å². The Hall–Kier alpha value is -1.04. The molecule has 2 rings (SSSR count). The van der Waals surface area contributed by atoms with Crippen molar-refractivity contribution < 1.29 is 4.79 Å². The summed E-state index contributed by atoms with van der Waals surface area (Å²) in [5.41, 5.74) is 1.36. The first-order valence-electron chi connectivity index (χ1n) is 6.16. The van der Waals surface area contributed by atoms with Crippen LogP contribution in [-0.2, 0) is 6.54 Å². The second-order valence-electron chi connectivity index (χ2n) is 4.11. The Bertz CT molecular complexity index is 615. The van der Waals surface area contributed by atoms with Crippen molar-refractivity contribution in [1.82, 2.24) is 5.32 Å². The highest BCUT2D eigenvalue weighted by molar-refractivity contribution is 9.11. The summed E-state index contributed by atoms with van der Waals surface area (Å²) in [6.07, 6.45) is 0. The molecule has 2 aromatic rings. The van der Waals surface area contributed by atoms with Gasteiger partial charge >= 0.3 is 0 Å². The van der Waals surface area contributed by atoms with Crippen LogP contribution in [0.1, 0.15) is 22.2 Å². The molecule has 0 radical (unpaired) electrons. The minimum atomic E-state index is -0.132. The van der Waals surface area contributed by atoms with Gasteiger partial charge in [-0.15, -0.1) is 11.3 Å². The first kappa shape index (κ1) is 15.4. The molecule has 106 valence electrons. The maximum Gasteiger partial charge on any atom is 0.253 e. The molecule has 0 aliphatic carbocycles. The van der Waals surface area contributed by atoms with Gasteiger partial charge in [-0.2, -0.15) is 0 Å². The van der Waals surface area contributed by atoms with E-state index < -0.39 is 0 Å². The molecule has 0 aliphatic heterocycles. The molecule has 0 saturated carbocycles. The smallest absolute Gasteiger partial charge is 0.253 e. The Labute approximate surface area is 135 Å². The third-order valence-electron chi connectivity index (χ3n) is 2.65. The molecule has 0 spiro atoms. The fourth-order valence-electron chi connectivity index (χ4n) is 1.76. The van der Waals surface area contributed by atoms with Gasteiger partial charge in [0.1, 0.15) is 0 Å². The zero-order chi connectivity index (χ0) is 14.5.